The second kappa shape index (κ2) is 10.8. The monoisotopic (exact) mass is 585 g/mol. The maximum absolute atomic E-state index is 14.2. The minimum Gasteiger partial charge on any atom is -0.459 e. The Bertz CT molecular complexity index is 1270. The summed E-state index contributed by atoms with van der Waals surface area (Å²) in [6.45, 7) is 10.8. The maximum atomic E-state index is 14.2. The van der Waals surface area contributed by atoms with Gasteiger partial charge in [-0.3, -0.25) is 9.59 Å². The number of carbonyl (C=O) groups is 3. The first kappa shape index (κ1) is 30.2. The van der Waals surface area contributed by atoms with Crippen LogP contribution in [0.5, 0.6) is 0 Å². The molecule has 5 rings (SSSR count). The minimum absolute atomic E-state index is 0.0323. The maximum Gasteiger partial charge on any atom is 0.329 e. The van der Waals surface area contributed by atoms with Crippen molar-refractivity contribution in [2.45, 2.75) is 104 Å². The van der Waals surface area contributed by atoms with E-state index in [1.54, 1.807) is 4.90 Å². The van der Waals surface area contributed by atoms with Crippen LogP contribution in [0.4, 0.5) is 0 Å². The van der Waals surface area contributed by atoms with Crippen LogP contribution in [0, 0.1) is 34.0 Å². The van der Waals surface area contributed by atoms with Crippen molar-refractivity contribution >= 4 is 27.5 Å². The third-order valence-corrected chi connectivity index (χ3v) is 13.3. The zero-order valence-electron chi connectivity index (χ0n) is 25.4. The predicted molar refractivity (Wildman–Crippen MR) is 157 cm³/mol. The van der Waals surface area contributed by atoms with Gasteiger partial charge in [-0.05, 0) is 47.0 Å². The Hall–Kier alpha value is -2.22. The molecule has 41 heavy (non-hydrogen) atoms. The highest BCUT2D eigenvalue weighted by molar-refractivity contribution is 7.93. The number of Topliss-reactive ketones (excluding diaryl/α,β-unsaturated/α-hetero) is 1. The number of likely N-dealkylation sites (tertiary alicyclic amines) is 1. The third kappa shape index (κ3) is 5.74. The average Bonchev–Trinajstić information content (AvgIpc) is 3.22. The van der Waals surface area contributed by atoms with Crippen molar-refractivity contribution in [3.8, 4) is 0 Å². The van der Waals surface area contributed by atoms with Crippen molar-refractivity contribution in [1.29, 1.82) is 0 Å². The predicted octanol–water partition coefficient (Wildman–Crippen LogP) is 5.36. The third-order valence-electron chi connectivity index (χ3n) is 10.9. The van der Waals surface area contributed by atoms with E-state index < -0.39 is 37.9 Å². The Morgan fingerprint density at radius 3 is 2.27 bits per heavy atom. The van der Waals surface area contributed by atoms with Crippen molar-refractivity contribution < 1.29 is 27.5 Å². The molecule has 8 heteroatoms. The molecule has 1 aromatic rings. The zero-order chi connectivity index (χ0) is 29.8. The molecule has 2 aliphatic carbocycles. The quantitative estimate of drug-likeness (QED) is 0.362. The van der Waals surface area contributed by atoms with E-state index >= 15 is 0 Å². The molecule has 0 aromatic heterocycles. The van der Waals surface area contributed by atoms with E-state index in [9.17, 15) is 22.8 Å². The highest BCUT2D eigenvalue weighted by Gasteiger charge is 2.70. The van der Waals surface area contributed by atoms with Crippen LogP contribution >= 0.6 is 0 Å². The summed E-state index contributed by atoms with van der Waals surface area (Å²) < 4.78 is 31.1. The fourth-order valence-electron chi connectivity index (χ4n) is 8.24. The number of esters is 1. The summed E-state index contributed by atoms with van der Waals surface area (Å²) in [4.78, 5) is 43.2. The molecule has 2 saturated carbocycles. The van der Waals surface area contributed by atoms with E-state index in [0.29, 0.717) is 13.0 Å². The number of ketones is 1. The van der Waals surface area contributed by atoms with E-state index in [2.05, 4.69) is 13.8 Å². The highest BCUT2D eigenvalue weighted by atomic mass is 32.2. The van der Waals surface area contributed by atoms with Gasteiger partial charge in [-0.25, -0.2) is 13.2 Å². The first-order valence-corrected chi connectivity index (χ1v) is 17.1. The summed E-state index contributed by atoms with van der Waals surface area (Å²) in [5.74, 6) is -0.688. The summed E-state index contributed by atoms with van der Waals surface area (Å²) in [5.41, 5.74) is -0.148. The molecule has 0 N–H and O–H groups in total. The first-order valence-electron chi connectivity index (χ1n) is 15.4. The fraction of sp³-hybridized carbons (Fsp3) is 0.727. The molecule has 4 aliphatic rings. The number of carbonyl (C=O) groups excluding carboxylic acids is 3. The lowest BCUT2D eigenvalue weighted by molar-refractivity contribution is -0.159. The Kier molecular flexibility index (Phi) is 7.97. The van der Waals surface area contributed by atoms with Gasteiger partial charge in [0.1, 0.15) is 18.4 Å². The molecular weight excluding hydrogens is 538 g/mol. The molecular formula is C33H47NO6S. The topological polar surface area (TPSA) is 97.8 Å². The lowest BCUT2D eigenvalue weighted by Crippen LogP contribution is -2.52. The fourth-order valence-corrected chi connectivity index (χ4v) is 10.2. The van der Waals surface area contributed by atoms with E-state index in [0.717, 1.165) is 37.7 Å². The van der Waals surface area contributed by atoms with Crippen LogP contribution in [0.2, 0.25) is 0 Å². The smallest absolute Gasteiger partial charge is 0.329 e. The molecule has 1 amide bonds. The molecule has 0 radical (unpaired) electrons. The number of sulfone groups is 1. The van der Waals surface area contributed by atoms with Gasteiger partial charge < -0.3 is 9.64 Å². The van der Waals surface area contributed by atoms with Gasteiger partial charge in [-0.1, -0.05) is 84.2 Å². The number of nitrogens with zero attached hydrogens (tertiary/aromatic N) is 1. The van der Waals surface area contributed by atoms with Gasteiger partial charge in [-0.2, -0.15) is 0 Å². The van der Waals surface area contributed by atoms with Gasteiger partial charge in [0.05, 0.1) is 11.0 Å². The summed E-state index contributed by atoms with van der Waals surface area (Å²) in [6.07, 6.45) is 5.40. The van der Waals surface area contributed by atoms with E-state index in [1.165, 1.54) is 0 Å². The van der Waals surface area contributed by atoms with Crippen LogP contribution in [0.1, 0.15) is 91.5 Å². The minimum atomic E-state index is -3.15. The van der Waals surface area contributed by atoms with Crippen molar-refractivity contribution in [3.63, 3.8) is 0 Å². The van der Waals surface area contributed by atoms with Crippen LogP contribution in [-0.4, -0.2) is 54.6 Å². The molecule has 2 aliphatic heterocycles. The number of amides is 1. The van der Waals surface area contributed by atoms with Gasteiger partial charge in [0, 0.05) is 31.2 Å². The summed E-state index contributed by atoms with van der Waals surface area (Å²) in [7, 11) is -3.15. The van der Waals surface area contributed by atoms with Gasteiger partial charge in [0.15, 0.2) is 9.84 Å². The normalized spacial score (nSPS) is 30.0. The molecule has 4 fully saturated rings. The Labute approximate surface area is 245 Å². The lowest BCUT2D eigenvalue weighted by Gasteiger charge is -2.47. The average molecular weight is 586 g/mol. The molecule has 7 nitrogen and oxygen atoms in total. The number of hydrogen-bond donors (Lipinski definition) is 0. The number of rotatable bonds is 9. The Morgan fingerprint density at radius 1 is 1.05 bits per heavy atom. The SMILES string of the molecule is CC(C)(C)[C@H](CC(=O)CC1([C@@H]2CCS2(=O)=O)CCCCC1)C(=O)N1C[C@H]2[C@@H]([C@H]1C(=O)OCc1ccccc1)C2(C)C. The molecule has 5 atom stereocenters. The molecule has 2 saturated heterocycles. The molecule has 1 aromatic carbocycles. The Morgan fingerprint density at radius 2 is 1.71 bits per heavy atom. The van der Waals surface area contributed by atoms with Crippen molar-refractivity contribution in [1.82, 2.24) is 4.90 Å². The van der Waals surface area contributed by atoms with E-state index in [-0.39, 0.29) is 60.1 Å². The lowest BCUT2D eigenvalue weighted by atomic mass is 9.66. The van der Waals surface area contributed by atoms with Crippen LogP contribution < -0.4 is 0 Å². The van der Waals surface area contributed by atoms with Crippen LogP contribution in [0.15, 0.2) is 30.3 Å². The van der Waals surface area contributed by atoms with Crippen LogP contribution in [0.25, 0.3) is 0 Å². The van der Waals surface area contributed by atoms with Crippen molar-refractivity contribution in [2.24, 2.45) is 34.0 Å². The molecule has 0 spiro atoms. The van der Waals surface area contributed by atoms with Crippen molar-refractivity contribution in [2.75, 3.05) is 12.3 Å². The van der Waals surface area contributed by atoms with Gasteiger partial charge in [0.2, 0.25) is 5.91 Å². The first-order chi connectivity index (χ1) is 19.2. The van der Waals surface area contributed by atoms with Gasteiger partial charge >= 0.3 is 5.97 Å². The largest absolute Gasteiger partial charge is 0.459 e. The molecule has 226 valence electrons. The summed E-state index contributed by atoms with van der Waals surface area (Å²) >= 11 is 0. The summed E-state index contributed by atoms with van der Waals surface area (Å²) in [6, 6.07) is 8.87. The molecule has 2 heterocycles. The zero-order valence-corrected chi connectivity index (χ0v) is 26.2. The number of piperidine rings is 1. The second-order valence-corrected chi connectivity index (χ2v) is 17.2. The number of hydrogen-bond acceptors (Lipinski definition) is 6. The number of benzene rings is 1. The van der Waals surface area contributed by atoms with Crippen molar-refractivity contribution in [3.05, 3.63) is 35.9 Å². The van der Waals surface area contributed by atoms with E-state index in [1.807, 2.05) is 51.1 Å². The van der Waals surface area contributed by atoms with Gasteiger partial charge in [0.25, 0.3) is 0 Å². The summed E-state index contributed by atoms with van der Waals surface area (Å²) in [5, 5.41) is -0.431. The number of fused-ring (bicyclic) bond motifs is 1. The molecule has 0 bridgehead atoms. The standard InChI is InChI=1S/C33H47NO6S/c1-31(2,3)24(18-23(35)19-33(15-10-7-11-16-33)26-14-17-41(26,38)39)29(36)34-20-25-27(32(25,4)5)28(34)30(37)40-21-22-12-8-6-9-13-22/h6,8-9,12-13,24-28H,7,10-11,14-21H2,1-5H3/t24-,25+,26+,27+,28+/m1/s1. The van der Waals surface area contributed by atoms with E-state index in [4.69, 9.17) is 4.74 Å². The number of ether oxygens (including phenoxy) is 1. The molecule has 0 unspecified atom stereocenters. The highest BCUT2D eigenvalue weighted by Crippen LogP contribution is 2.65. The Balaban J connectivity index is 1.32. The van der Waals surface area contributed by atoms with Gasteiger partial charge in [-0.15, -0.1) is 0 Å². The van der Waals surface area contributed by atoms with Crippen LogP contribution in [0.3, 0.4) is 0 Å². The van der Waals surface area contributed by atoms with Crippen LogP contribution in [-0.2, 0) is 35.6 Å². The second-order valence-electron chi connectivity index (χ2n) is 14.9.